The Balaban J connectivity index is 1.73. The van der Waals surface area contributed by atoms with Crippen LogP contribution >= 0.6 is 0 Å². The predicted molar refractivity (Wildman–Crippen MR) is 84.3 cm³/mol. The summed E-state index contributed by atoms with van der Waals surface area (Å²) in [5, 5.41) is 19.9. The van der Waals surface area contributed by atoms with Gasteiger partial charge in [0.2, 0.25) is 5.69 Å². The lowest BCUT2D eigenvalue weighted by atomic mass is 10.2. The summed E-state index contributed by atoms with van der Waals surface area (Å²) in [6.45, 7) is 2.98. The molecule has 3 rings (SSSR count). The SMILES string of the molecule is N#Cc1nc(N2CCN(c3ccccn3)CC2)ccc1[N+](=O)[O-]. The molecule has 0 unspecified atom stereocenters. The molecule has 3 heterocycles. The molecular weight excluding hydrogens is 296 g/mol. The van der Waals surface area contributed by atoms with Gasteiger partial charge in [-0.1, -0.05) is 6.07 Å². The molecule has 8 nitrogen and oxygen atoms in total. The summed E-state index contributed by atoms with van der Waals surface area (Å²) in [6.07, 6.45) is 1.76. The molecule has 0 saturated carbocycles. The first kappa shape index (κ1) is 14.7. The van der Waals surface area contributed by atoms with Crippen molar-refractivity contribution in [3.8, 4) is 6.07 Å². The Labute approximate surface area is 132 Å². The van der Waals surface area contributed by atoms with E-state index in [1.54, 1.807) is 18.3 Å². The van der Waals surface area contributed by atoms with Crippen LogP contribution in [0.2, 0.25) is 0 Å². The van der Waals surface area contributed by atoms with Crippen LogP contribution in [0.3, 0.4) is 0 Å². The van der Waals surface area contributed by atoms with E-state index < -0.39 is 4.92 Å². The Morgan fingerprint density at radius 1 is 1.09 bits per heavy atom. The normalized spacial score (nSPS) is 14.4. The highest BCUT2D eigenvalue weighted by Gasteiger charge is 2.22. The maximum absolute atomic E-state index is 10.9. The summed E-state index contributed by atoms with van der Waals surface area (Å²) >= 11 is 0. The van der Waals surface area contributed by atoms with Gasteiger partial charge in [0.1, 0.15) is 17.7 Å². The number of anilines is 2. The van der Waals surface area contributed by atoms with Crippen LogP contribution in [-0.2, 0) is 0 Å². The first-order chi connectivity index (χ1) is 11.2. The number of nitrogens with zero attached hydrogens (tertiary/aromatic N) is 6. The van der Waals surface area contributed by atoms with Gasteiger partial charge in [-0.05, 0) is 18.2 Å². The monoisotopic (exact) mass is 310 g/mol. The van der Waals surface area contributed by atoms with E-state index in [0.29, 0.717) is 18.9 Å². The van der Waals surface area contributed by atoms with E-state index in [1.165, 1.54) is 6.07 Å². The molecule has 2 aromatic rings. The second kappa shape index (κ2) is 6.27. The molecule has 2 aromatic heterocycles. The predicted octanol–water partition coefficient (Wildman–Crippen LogP) is 1.58. The van der Waals surface area contributed by atoms with E-state index in [-0.39, 0.29) is 11.4 Å². The zero-order valence-electron chi connectivity index (χ0n) is 12.3. The molecule has 1 aliphatic heterocycles. The molecule has 1 aliphatic rings. The van der Waals surface area contributed by atoms with Crippen molar-refractivity contribution in [3.05, 3.63) is 52.3 Å². The molecule has 1 saturated heterocycles. The quantitative estimate of drug-likeness (QED) is 0.627. The minimum absolute atomic E-state index is 0.153. The maximum atomic E-state index is 10.9. The first-order valence-electron chi connectivity index (χ1n) is 7.15. The van der Waals surface area contributed by atoms with Crippen molar-refractivity contribution in [3.63, 3.8) is 0 Å². The smallest absolute Gasteiger partial charge is 0.305 e. The molecule has 0 spiro atoms. The van der Waals surface area contributed by atoms with E-state index in [4.69, 9.17) is 5.26 Å². The van der Waals surface area contributed by atoms with Gasteiger partial charge in [-0.15, -0.1) is 0 Å². The molecule has 23 heavy (non-hydrogen) atoms. The fourth-order valence-electron chi connectivity index (χ4n) is 2.55. The average Bonchev–Trinajstić information content (AvgIpc) is 2.62. The number of hydrogen-bond donors (Lipinski definition) is 0. The van der Waals surface area contributed by atoms with Gasteiger partial charge in [-0.3, -0.25) is 10.1 Å². The highest BCUT2D eigenvalue weighted by atomic mass is 16.6. The van der Waals surface area contributed by atoms with Gasteiger partial charge in [0.25, 0.3) is 0 Å². The van der Waals surface area contributed by atoms with Crippen LogP contribution in [0.1, 0.15) is 5.69 Å². The summed E-state index contributed by atoms with van der Waals surface area (Å²) in [4.78, 5) is 22.9. The largest absolute Gasteiger partial charge is 0.353 e. The van der Waals surface area contributed by atoms with Crippen molar-refractivity contribution >= 4 is 17.3 Å². The second-order valence-electron chi connectivity index (χ2n) is 5.07. The summed E-state index contributed by atoms with van der Waals surface area (Å²) in [7, 11) is 0. The molecule has 116 valence electrons. The van der Waals surface area contributed by atoms with Crippen molar-refractivity contribution in [2.45, 2.75) is 0 Å². The number of nitro groups is 1. The summed E-state index contributed by atoms with van der Waals surface area (Å²) in [5.41, 5.74) is -0.414. The van der Waals surface area contributed by atoms with Crippen LogP contribution in [-0.4, -0.2) is 41.1 Å². The van der Waals surface area contributed by atoms with Crippen molar-refractivity contribution < 1.29 is 4.92 Å². The highest BCUT2D eigenvalue weighted by Crippen LogP contribution is 2.22. The van der Waals surface area contributed by atoms with E-state index in [9.17, 15) is 10.1 Å². The summed E-state index contributed by atoms with van der Waals surface area (Å²) in [5.74, 6) is 1.52. The number of pyridine rings is 2. The number of hydrogen-bond acceptors (Lipinski definition) is 7. The zero-order chi connectivity index (χ0) is 16.2. The van der Waals surface area contributed by atoms with Gasteiger partial charge in [0, 0.05) is 38.4 Å². The third kappa shape index (κ3) is 3.03. The van der Waals surface area contributed by atoms with Gasteiger partial charge < -0.3 is 9.80 Å². The van der Waals surface area contributed by atoms with Crippen LogP contribution < -0.4 is 9.80 Å². The highest BCUT2D eigenvalue weighted by molar-refractivity contribution is 5.52. The van der Waals surface area contributed by atoms with Crippen molar-refractivity contribution in [2.24, 2.45) is 0 Å². The molecule has 0 aromatic carbocycles. The van der Waals surface area contributed by atoms with Crippen molar-refractivity contribution in [2.75, 3.05) is 36.0 Å². The lowest BCUT2D eigenvalue weighted by Crippen LogP contribution is -2.47. The van der Waals surface area contributed by atoms with Gasteiger partial charge in [0.15, 0.2) is 0 Å². The third-order valence-electron chi connectivity index (χ3n) is 3.74. The number of rotatable bonds is 3. The Morgan fingerprint density at radius 3 is 2.35 bits per heavy atom. The lowest BCUT2D eigenvalue weighted by Gasteiger charge is -2.36. The second-order valence-corrected chi connectivity index (χ2v) is 5.07. The third-order valence-corrected chi connectivity index (χ3v) is 3.74. The summed E-state index contributed by atoms with van der Waals surface area (Å²) < 4.78 is 0. The first-order valence-corrected chi connectivity index (χ1v) is 7.15. The lowest BCUT2D eigenvalue weighted by molar-refractivity contribution is -0.385. The molecular formula is C15H14N6O2. The van der Waals surface area contributed by atoms with Gasteiger partial charge in [-0.25, -0.2) is 9.97 Å². The number of piperazine rings is 1. The fourth-order valence-corrected chi connectivity index (χ4v) is 2.55. The molecule has 0 aliphatic carbocycles. The van der Waals surface area contributed by atoms with Crippen LogP contribution in [0.15, 0.2) is 36.5 Å². The molecule has 0 N–H and O–H groups in total. The molecule has 0 atom stereocenters. The minimum atomic E-state index is -0.589. The molecule has 8 heteroatoms. The van der Waals surface area contributed by atoms with Crippen LogP contribution in [0.5, 0.6) is 0 Å². The van der Waals surface area contributed by atoms with Gasteiger partial charge in [0.05, 0.1) is 4.92 Å². The average molecular weight is 310 g/mol. The Hall–Kier alpha value is -3.21. The van der Waals surface area contributed by atoms with Crippen LogP contribution in [0.4, 0.5) is 17.3 Å². The Morgan fingerprint density at radius 2 is 1.78 bits per heavy atom. The topological polar surface area (TPSA) is 99.2 Å². The van der Waals surface area contributed by atoms with Crippen LogP contribution in [0.25, 0.3) is 0 Å². The molecule has 0 radical (unpaired) electrons. The van der Waals surface area contributed by atoms with E-state index in [2.05, 4.69) is 14.9 Å². The molecule has 0 amide bonds. The summed E-state index contributed by atoms with van der Waals surface area (Å²) in [6, 6.07) is 10.5. The maximum Gasteiger partial charge on any atom is 0.305 e. The number of nitriles is 1. The van der Waals surface area contributed by atoms with Crippen molar-refractivity contribution in [1.82, 2.24) is 9.97 Å². The fraction of sp³-hybridized carbons (Fsp3) is 0.267. The van der Waals surface area contributed by atoms with Gasteiger partial charge >= 0.3 is 5.69 Å². The van der Waals surface area contributed by atoms with Crippen molar-refractivity contribution in [1.29, 1.82) is 5.26 Å². The Kier molecular flexibility index (Phi) is 4.01. The standard InChI is InChI=1S/C15H14N6O2/c16-11-12-13(21(22)23)4-5-15(18-12)20-9-7-19(8-10-20)14-3-1-2-6-17-14/h1-6H,7-10H2. The molecule has 1 fully saturated rings. The van der Waals surface area contributed by atoms with E-state index in [1.807, 2.05) is 23.1 Å². The zero-order valence-corrected chi connectivity index (χ0v) is 12.3. The van der Waals surface area contributed by atoms with Gasteiger partial charge in [-0.2, -0.15) is 5.26 Å². The van der Waals surface area contributed by atoms with Crippen LogP contribution in [0, 0.1) is 21.4 Å². The minimum Gasteiger partial charge on any atom is -0.353 e. The van der Waals surface area contributed by atoms with E-state index >= 15 is 0 Å². The molecule has 0 bridgehead atoms. The Bertz CT molecular complexity index is 750. The number of aromatic nitrogens is 2. The van der Waals surface area contributed by atoms with E-state index in [0.717, 1.165) is 18.9 Å².